The molecule has 0 amide bonds. The monoisotopic (exact) mass is 261 g/mol. The van der Waals surface area contributed by atoms with E-state index in [0.717, 1.165) is 25.9 Å². The molecular weight excluding hydrogens is 246 g/mol. The number of hydrogen-bond acceptors (Lipinski definition) is 6. The minimum absolute atomic E-state index is 0.167. The largest absolute Gasteiger partial charge is 0.504 e. The van der Waals surface area contributed by atoms with Gasteiger partial charge in [-0.25, -0.2) is 0 Å². The number of nitrogens with zero attached hydrogens (tertiary/aromatic N) is 3. The van der Waals surface area contributed by atoms with Gasteiger partial charge in [-0.3, -0.25) is 0 Å². The van der Waals surface area contributed by atoms with E-state index in [-0.39, 0.29) is 11.5 Å². The number of anilines is 1. The van der Waals surface area contributed by atoms with Crippen molar-refractivity contribution in [3.63, 3.8) is 0 Å². The molecule has 6 heteroatoms. The third-order valence-electron chi connectivity index (χ3n) is 3.28. The number of hydrogen-bond donors (Lipinski definition) is 2. The minimum atomic E-state index is -0.199. The highest BCUT2D eigenvalue weighted by Crippen LogP contribution is 2.30. The first-order valence-electron chi connectivity index (χ1n) is 6.35. The molecule has 0 spiro atoms. The predicted octanol–water partition coefficient (Wildman–Crippen LogP) is 2.14. The van der Waals surface area contributed by atoms with Crippen LogP contribution >= 0.6 is 0 Å². The molecule has 0 atom stereocenters. The van der Waals surface area contributed by atoms with E-state index >= 15 is 0 Å². The fourth-order valence-electron chi connectivity index (χ4n) is 2.21. The molecule has 1 aromatic heterocycles. The molecule has 1 aliphatic heterocycles. The van der Waals surface area contributed by atoms with E-state index in [1.807, 2.05) is 0 Å². The Kier molecular flexibility index (Phi) is 2.98. The van der Waals surface area contributed by atoms with Gasteiger partial charge >= 0.3 is 0 Å². The second kappa shape index (κ2) is 4.79. The van der Waals surface area contributed by atoms with Gasteiger partial charge in [0.25, 0.3) is 11.8 Å². The Balaban J connectivity index is 1.85. The molecule has 2 heterocycles. The first-order valence-corrected chi connectivity index (χ1v) is 6.35. The summed E-state index contributed by atoms with van der Waals surface area (Å²) in [5, 5.41) is 22.7. The van der Waals surface area contributed by atoms with Crippen molar-refractivity contribution in [3.8, 4) is 23.0 Å². The van der Waals surface area contributed by atoms with Crippen molar-refractivity contribution >= 4 is 5.95 Å². The van der Waals surface area contributed by atoms with Crippen LogP contribution in [-0.2, 0) is 0 Å². The number of phenols is 2. The molecular formula is C13H15N3O3. The maximum atomic E-state index is 9.47. The van der Waals surface area contributed by atoms with Crippen molar-refractivity contribution in [1.82, 2.24) is 10.1 Å². The van der Waals surface area contributed by atoms with E-state index < -0.39 is 0 Å². The van der Waals surface area contributed by atoms with Gasteiger partial charge in [0, 0.05) is 18.7 Å². The molecule has 3 rings (SSSR count). The van der Waals surface area contributed by atoms with E-state index in [2.05, 4.69) is 15.0 Å². The summed E-state index contributed by atoms with van der Waals surface area (Å²) in [6.07, 6.45) is 3.53. The van der Waals surface area contributed by atoms with Gasteiger partial charge in [-0.1, -0.05) is 0 Å². The van der Waals surface area contributed by atoms with Crippen molar-refractivity contribution in [2.24, 2.45) is 0 Å². The molecule has 100 valence electrons. The number of rotatable bonds is 2. The quantitative estimate of drug-likeness (QED) is 0.806. The second-order valence-electron chi connectivity index (χ2n) is 4.65. The van der Waals surface area contributed by atoms with Crippen LogP contribution in [0.25, 0.3) is 11.5 Å². The van der Waals surface area contributed by atoms with E-state index in [1.54, 1.807) is 6.07 Å². The average molecular weight is 261 g/mol. The zero-order chi connectivity index (χ0) is 13.2. The number of phenolic OH excluding ortho intramolecular Hbond substituents is 2. The van der Waals surface area contributed by atoms with E-state index in [9.17, 15) is 10.2 Å². The smallest absolute Gasteiger partial charge is 0.266 e. The minimum Gasteiger partial charge on any atom is -0.504 e. The number of piperidine rings is 1. The summed E-state index contributed by atoms with van der Waals surface area (Å²) in [4.78, 5) is 6.42. The zero-order valence-electron chi connectivity index (χ0n) is 10.4. The molecule has 1 fully saturated rings. The zero-order valence-corrected chi connectivity index (χ0v) is 10.4. The van der Waals surface area contributed by atoms with Crippen LogP contribution in [0, 0.1) is 0 Å². The van der Waals surface area contributed by atoms with Crippen LogP contribution in [0.15, 0.2) is 22.7 Å². The highest BCUT2D eigenvalue weighted by atomic mass is 16.5. The summed E-state index contributed by atoms with van der Waals surface area (Å²) in [6.45, 7) is 1.89. The standard InChI is InChI=1S/C13H15N3O3/c17-10-5-4-9(8-11(10)18)12-14-13(15-19-12)16-6-2-1-3-7-16/h4-5,8,17-18H,1-3,6-7H2. The predicted molar refractivity (Wildman–Crippen MR) is 69.1 cm³/mol. The van der Waals surface area contributed by atoms with Crippen LogP contribution < -0.4 is 4.90 Å². The Morgan fingerprint density at radius 1 is 1.05 bits per heavy atom. The van der Waals surface area contributed by atoms with Gasteiger partial charge in [0.15, 0.2) is 11.5 Å². The highest BCUT2D eigenvalue weighted by Gasteiger charge is 2.17. The molecule has 0 bridgehead atoms. The maximum absolute atomic E-state index is 9.47. The van der Waals surface area contributed by atoms with Crippen LogP contribution in [0.5, 0.6) is 11.5 Å². The van der Waals surface area contributed by atoms with Gasteiger partial charge in [0.1, 0.15) is 0 Å². The van der Waals surface area contributed by atoms with Crippen molar-refractivity contribution in [1.29, 1.82) is 0 Å². The Morgan fingerprint density at radius 3 is 2.58 bits per heavy atom. The SMILES string of the molecule is Oc1ccc(-c2nc(N3CCCCC3)no2)cc1O. The molecule has 1 aliphatic rings. The molecule has 0 saturated carbocycles. The van der Waals surface area contributed by atoms with Crippen LogP contribution in [-0.4, -0.2) is 33.4 Å². The highest BCUT2D eigenvalue weighted by molar-refractivity contribution is 5.60. The topological polar surface area (TPSA) is 82.6 Å². The Morgan fingerprint density at radius 2 is 1.84 bits per heavy atom. The van der Waals surface area contributed by atoms with Crippen molar-refractivity contribution < 1.29 is 14.7 Å². The summed E-state index contributed by atoms with van der Waals surface area (Å²) in [6, 6.07) is 4.43. The second-order valence-corrected chi connectivity index (χ2v) is 4.65. The van der Waals surface area contributed by atoms with Gasteiger partial charge in [-0.2, -0.15) is 4.98 Å². The first kappa shape index (κ1) is 11.8. The maximum Gasteiger partial charge on any atom is 0.266 e. The van der Waals surface area contributed by atoms with Gasteiger partial charge in [-0.05, 0) is 42.6 Å². The molecule has 2 aromatic rings. The lowest BCUT2D eigenvalue weighted by molar-refractivity contribution is 0.402. The number of aromatic hydroxyl groups is 2. The summed E-state index contributed by atoms with van der Waals surface area (Å²) in [7, 11) is 0. The molecule has 0 unspecified atom stereocenters. The van der Waals surface area contributed by atoms with Gasteiger partial charge in [0.2, 0.25) is 0 Å². The van der Waals surface area contributed by atoms with Crippen molar-refractivity contribution in [3.05, 3.63) is 18.2 Å². The fourth-order valence-corrected chi connectivity index (χ4v) is 2.21. The Bertz CT molecular complexity index is 576. The molecule has 0 aliphatic carbocycles. The number of benzene rings is 1. The van der Waals surface area contributed by atoms with Crippen molar-refractivity contribution in [2.45, 2.75) is 19.3 Å². The molecule has 2 N–H and O–H groups in total. The third kappa shape index (κ3) is 2.33. The van der Waals surface area contributed by atoms with Gasteiger partial charge < -0.3 is 19.6 Å². The normalized spacial score (nSPS) is 15.7. The number of aromatic nitrogens is 2. The third-order valence-corrected chi connectivity index (χ3v) is 3.28. The van der Waals surface area contributed by atoms with Gasteiger partial charge in [-0.15, -0.1) is 0 Å². The Labute approximate surface area is 110 Å². The molecule has 6 nitrogen and oxygen atoms in total. The van der Waals surface area contributed by atoms with Crippen LogP contribution in [0.2, 0.25) is 0 Å². The first-order chi connectivity index (χ1) is 9.24. The van der Waals surface area contributed by atoms with Crippen LogP contribution in [0.4, 0.5) is 5.95 Å². The van der Waals surface area contributed by atoms with Crippen LogP contribution in [0.3, 0.4) is 0 Å². The summed E-state index contributed by atoms with van der Waals surface area (Å²) < 4.78 is 5.20. The van der Waals surface area contributed by atoms with Crippen molar-refractivity contribution in [2.75, 3.05) is 18.0 Å². The molecule has 1 aromatic carbocycles. The van der Waals surface area contributed by atoms with Crippen LogP contribution in [0.1, 0.15) is 19.3 Å². The van der Waals surface area contributed by atoms with E-state index in [0.29, 0.717) is 17.4 Å². The molecule has 0 radical (unpaired) electrons. The molecule has 19 heavy (non-hydrogen) atoms. The summed E-state index contributed by atoms with van der Waals surface area (Å²) in [5.74, 6) is 0.563. The van der Waals surface area contributed by atoms with E-state index in [1.165, 1.54) is 18.6 Å². The lowest BCUT2D eigenvalue weighted by atomic mass is 10.1. The molecule has 1 saturated heterocycles. The summed E-state index contributed by atoms with van der Waals surface area (Å²) >= 11 is 0. The van der Waals surface area contributed by atoms with E-state index in [4.69, 9.17) is 4.52 Å². The van der Waals surface area contributed by atoms with Gasteiger partial charge in [0.05, 0.1) is 0 Å². The average Bonchev–Trinajstić information content (AvgIpc) is 2.93. The Hall–Kier alpha value is -2.24. The lowest BCUT2D eigenvalue weighted by Crippen LogP contribution is -2.30. The lowest BCUT2D eigenvalue weighted by Gasteiger charge is -2.24. The summed E-state index contributed by atoms with van der Waals surface area (Å²) in [5.41, 5.74) is 0.589. The fraction of sp³-hybridized carbons (Fsp3) is 0.385.